The Morgan fingerprint density at radius 3 is 2.67 bits per heavy atom. The van der Waals surface area contributed by atoms with Crippen LogP contribution in [0.25, 0.3) is 0 Å². The van der Waals surface area contributed by atoms with Crippen LogP contribution >= 0.6 is 0 Å². The maximum atomic E-state index is 12.3. The Balaban J connectivity index is 2.28. The average Bonchev–Trinajstić information content (AvgIpc) is 2.48. The first-order chi connectivity index (χ1) is 9.90. The van der Waals surface area contributed by atoms with Crippen LogP contribution in [0.5, 0.6) is 0 Å². The minimum absolute atomic E-state index is 0.241. The smallest absolute Gasteiger partial charge is 0.264 e. The second-order valence-corrected chi connectivity index (χ2v) is 6.43. The number of hydrogen-bond donors (Lipinski definition) is 1. The number of rotatable bonds is 4. The molecule has 0 atom stereocenters. The minimum Gasteiger partial charge on any atom is -0.264 e. The first kappa shape index (κ1) is 15.2. The fraction of sp³-hybridized carbons (Fsp3) is 0.200. The van der Waals surface area contributed by atoms with Gasteiger partial charge < -0.3 is 0 Å². The maximum Gasteiger partial charge on any atom is 0.276 e. The van der Waals surface area contributed by atoms with Crippen molar-refractivity contribution in [1.29, 1.82) is 0 Å². The number of hydrazone groups is 1. The van der Waals surface area contributed by atoms with Crippen LogP contribution in [0.2, 0.25) is 0 Å². The van der Waals surface area contributed by atoms with E-state index in [9.17, 15) is 8.42 Å². The molecule has 21 heavy (non-hydrogen) atoms. The fourth-order valence-electron chi connectivity index (χ4n) is 1.82. The van der Waals surface area contributed by atoms with Gasteiger partial charge in [-0.2, -0.15) is 18.4 Å². The number of sulfonamides is 1. The molecule has 0 saturated carbocycles. The molecule has 1 aromatic heterocycles. The van der Waals surface area contributed by atoms with E-state index < -0.39 is 10.0 Å². The zero-order valence-electron chi connectivity index (χ0n) is 12.2. The van der Waals surface area contributed by atoms with Crippen molar-refractivity contribution in [2.75, 3.05) is 0 Å². The quantitative estimate of drug-likeness (QED) is 0.696. The first-order valence-electron chi connectivity index (χ1n) is 6.44. The van der Waals surface area contributed by atoms with Crippen molar-refractivity contribution in [3.05, 3.63) is 59.4 Å². The maximum absolute atomic E-state index is 12.3. The van der Waals surface area contributed by atoms with Crippen molar-refractivity contribution in [1.82, 2.24) is 9.82 Å². The van der Waals surface area contributed by atoms with Gasteiger partial charge in [0.05, 0.1) is 10.6 Å². The van der Waals surface area contributed by atoms with E-state index in [0.29, 0.717) is 11.3 Å². The van der Waals surface area contributed by atoms with Crippen molar-refractivity contribution >= 4 is 15.7 Å². The number of aromatic nitrogens is 1. The molecule has 2 rings (SSSR count). The highest BCUT2D eigenvalue weighted by Crippen LogP contribution is 2.16. The van der Waals surface area contributed by atoms with Gasteiger partial charge in [0.15, 0.2) is 0 Å². The van der Waals surface area contributed by atoms with Crippen molar-refractivity contribution < 1.29 is 8.42 Å². The number of pyridine rings is 1. The summed E-state index contributed by atoms with van der Waals surface area (Å²) in [6, 6.07) is 8.87. The molecule has 110 valence electrons. The van der Waals surface area contributed by atoms with E-state index in [1.54, 1.807) is 44.4 Å². The first-order valence-corrected chi connectivity index (χ1v) is 7.92. The van der Waals surface area contributed by atoms with E-state index in [1.807, 2.05) is 19.1 Å². The molecule has 0 amide bonds. The van der Waals surface area contributed by atoms with E-state index >= 15 is 0 Å². The monoisotopic (exact) mass is 303 g/mol. The van der Waals surface area contributed by atoms with Crippen molar-refractivity contribution in [2.45, 2.75) is 25.7 Å². The average molecular weight is 303 g/mol. The van der Waals surface area contributed by atoms with E-state index in [4.69, 9.17) is 0 Å². The third-order valence-corrected chi connectivity index (χ3v) is 4.40. The summed E-state index contributed by atoms with van der Waals surface area (Å²) < 4.78 is 24.6. The number of nitrogens with one attached hydrogen (secondary N) is 1. The SMILES string of the molecule is C/C(=N\NS(=O)(=O)c1cc(C)ccc1C)c1cccnc1. The van der Waals surface area contributed by atoms with Gasteiger partial charge in [0.2, 0.25) is 0 Å². The van der Waals surface area contributed by atoms with Crippen molar-refractivity contribution in [2.24, 2.45) is 5.10 Å². The largest absolute Gasteiger partial charge is 0.276 e. The Morgan fingerprint density at radius 2 is 2.00 bits per heavy atom. The second-order valence-electron chi connectivity index (χ2n) is 4.80. The minimum atomic E-state index is -3.67. The molecular weight excluding hydrogens is 286 g/mol. The van der Waals surface area contributed by atoms with E-state index in [2.05, 4.69) is 14.9 Å². The molecule has 1 N–H and O–H groups in total. The Bertz CT molecular complexity index is 769. The summed E-state index contributed by atoms with van der Waals surface area (Å²) in [4.78, 5) is 6.49. The van der Waals surface area contributed by atoms with Crippen LogP contribution in [-0.2, 0) is 10.0 Å². The molecule has 0 bridgehead atoms. The molecule has 0 fully saturated rings. The van der Waals surface area contributed by atoms with Gasteiger partial charge in [0.25, 0.3) is 10.0 Å². The summed E-state index contributed by atoms with van der Waals surface area (Å²) in [5, 5.41) is 3.95. The highest BCUT2D eigenvalue weighted by atomic mass is 32.2. The van der Waals surface area contributed by atoms with Crippen LogP contribution in [0.3, 0.4) is 0 Å². The van der Waals surface area contributed by atoms with Gasteiger partial charge in [-0.25, -0.2) is 0 Å². The predicted molar refractivity (Wildman–Crippen MR) is 82.7 cm³/mol. The lowest BCUT2D eigenvalue weighted by Crippen LogP contribution is -2.21. The molecule has 6 heteroatoms. The molecular formula is C15H17N3O2S. The highest BCUT2D eigenvalue weighted by molar-refractivity contribution is 7.89. The number of nitrogens with zero attached hydrogens (tertiary/aromatic N) is 2. The molecule has 0 radical (unpaired) electrons. The topological polar surface area (TPSA) is 71.4 Å². The number of aryl methyl sites for hydroxylation is 2. The molecule has 1 aromatic carbocycles. The summed E-state index contributed by atoms with van der Waals surface area (Å²) in [6.07, 6.45) is 3.28. The highest BCUT2D eigenvalue weighted by Gasteiger charge is 2.16. The summed E-state index contributed by atoms with van der Waals surface area (Å²) in [5.74, 6) is 0. The molecule has 0 saturated heterocycles. The Hall–Kier alpha value is -2.21. The standard InChI is InChI=1S/C15H17N3O2S/c1-11-6-7-12(2)15(9-11)21(19,20)18-17-13(3)14-5-4-8-16-10-14/h4-10,18H,1-3H3/b17-13+. The van der Waals surface area contributed by atoms with Crippen LogP contribution in [-0.4, -0.2) is 19.1 Å². The zero-order chi connectivity index (χ0) is 15.5. The zero-order valence-corrected chi connectivity index (χ0v) is 13.0. The Labute approximate surface area is 124 Å². The van der Waals surface area contributed by atoms with Crippen LogP contribution in [0.15, 0.2) is 52.7 Å². The summed E-state index contributed by atoms with van der Waals surface area (Å²) >= 11 is 0. The summed E-state index contributed by atoms with van der Waals surface area (Å²) in [5.41, 5.74) is 2.88. The van der Waals surface area contributed by atoms with E-state index in [0.717, 1.165) is 11.1 Å². The van der Waals surface area contributed by atoms with Gasteiger partial charge in [-0.15, -0.1) is 0 Å². The third kappa shape index (κ3) is 3.66. The van der Waals surface area contributed by atoms with Crippen molar-refractivity contribution in [3.8, 4) is 0 Å². The van der Waals surface area contributed by atoms with Crippen molar-refractivity contribution in [3.63, 3.8) is 0 Å². The number of benzene rings is 1. The molecule has 5 nitrogen and oxygen atoms in total. The lowest BCUT2D eigenvalue weighted by Gasteiger charge is -2.08. The van der Waals surface area contributed by atoms with E-state index in [1.165, 1.54) is 0 Å². The van der Waals surface area contributed by atoms with E-state index in [-0.39, 0.29) is 4.90 Å². The molecule has 0 aliphatic carbocycles. The Kier molecular flexibility index (Phi) is 4.37. The summed E-state index contributed by atoms with van der Waals surface area (Å²) in [7, 11) is -3.67. The lowest BCUT2D eigenvalue weighted by atomic mass is 10.2. The molecule has 0 spiro atoms. The van der Waals surface area contributed by atoms with Gasteiger partial charge in [-0.3, -0.25) is 4.98 Å². The second kappa shape index (κ2) is 6.05. The molecule has 2 aromatic rings. The Morgan fingerprint density at radius 1 is 1.24 bits per heavy atom. The molecule has 0 aliphatic rings. The van der Waals surface area contributed by atoms with Crippen LogP contribution in [0, 0.1) is 13.8 Å². The predicted octanol–water partition coefficient (Wildman–Crippen LogP) is 2.40. The van der Waals surface area contributed by atoms with Gasteiger partial charge >= 0.3 is 0 Å². The molecule has 0 unspecified atom stereocenters. The van der Waals surface area contributed by atoms with Gasteiger partial charge in [-0.1, -0.05) is 18.2 Å². The fourth-order valence-corrected chi connectivity index (χ4v) is 3.00. The lowest BCUT2D eigenvalue weighted by molar-refractivity contribution is 0.583. The van der Waals surface area contributed by atoms with Gasteiger partial charge in [0.1, 0.15) is 0 Å². The van der Waals surface area contributed by atoms with Crippen LogP contribution in [0.4, 0.5) is 0 Å². The molecule has 0 aliphatic heterocycles. The molecule has 1 heterocycles. The van der Waals surface area contributed by atoms with Crippen LogP contribution < -0.4 is 4.83 Å². The van der Waals surface area contributed by atoms with Gasteiger partial charge in [0, 0.05) is 18.0 Å². The van der Waals surface area contributed by atoms with Gasteiger partial charge in [-0.05, 0) is 44.0 Å². The third-order valence-electron chi connectivity index (χ3n) is 3.05. The van der Waals surface area contributed by atoms with Crippen LogP contribution in [0.1, 0.15) is 23.6 Å². The normalized spacial score (nSPS) is 12.2. The summed E-state index contributed by atoms with van der Waals surface area (Å²) in [6.45, 7) is 5.33. The number of hydrogen-bond acceptors (Lipinski definition) is 4.